The summed E-state index contributed by atoms with van der Waals surface area (Å²) in [6.45, 7) is 0.360. The minimum atomic E-state index is -0.541. The molecular weight excluding hydrogens is 261 g/mol. The molecule has 0 saturated carbocycles. The van der Waals surface area contributed by atoms with Crippen LogP contribution in [0.15, 0.2) is 36.7 Å². The van der Waals surface area contributed by atoms with Gasteiger partial charge < -0.3 is 9.64 Å². The SMILES string of the molecule is COC(=O)c1cnc(N(C)Cc2ccccc2F)cn1. The second-order valence-electron chi connectivity index (χ2n) is 4.20. The lowest BCUT2D eigenvalue weighted by Gasteiger charge is -2.18. The van der Waals surface area contributed by atoms with Gasteiger partial charge in [0.15, 0.2) is 5.69 Å². The third-order valence-corrected chi connectivity index (χ3v) is 2.79. The zero-order chi connectivity index (χ0) is 14.5. The number of nitrogens with zero attached hydrogens (tertiary/aromatic N) is 3. The van der Waals surface area contributed by atoms with E-state index in [0.29, 0.717) is 17.9 Å². The van der Waals surface area contributed by atoms with E-state index in [1.165, 1.54) is 25.6 Å². The van der Waals surface area contributed by atoms with Crippen molar-refractivity contribution in [2.45, 2.75) is 6.54 Å². The molecule has 0 unspecified atom stereocenters. The van der Waals surface area contributed by atoms with Crippen LogP contribution in [-0.2, 0) is 11.3 Å². The molecular formula is C14H14FN3O2. The fourth-order valence-corrected chi connectivity index (χ4v) is 1.69. The monoisotopic (exact) mass is 275 g/mol. The Hall–Kier alpha value is -2.50. The first kappa shape index (κ1) is 13.9. The number of carbonyl (C=O) groups excluding carboxylic acids is 1. The summed E-state index contributed by atoms with van der Waals surface area (Å²) in [6.07, 6.45) is 2.78. The third-order valence-electron chi connectivity index (χ3n) is 2.79. The van der Waals surface area contributed by atoms with Gasteiger partial charge in [-0.2, -0.15) is 0 Å². The molecule has 0 aliphatic heterocycles. The number of esters is 1. The van der Waals surface area contributed by atoms with Gasteiger partial charge in [0.2, 0.25) is 0 Å². The van der Waals surface area contributed by atoms with E-state index in [4.69, 9.17) is 0 Å². The van der Waals surface area contributed by atoms with Gasteiger partial charge in [-0.3, -0.25) is 0 Å². The summed E-state index contributed by atoms with van der Waals surface area (Å²) in [5, 5.41) is 0. The van der Waals surface area contributed by atoms with Crippen LogP contribution in [-0.4, -0.2) is 30.1 Å². The predicted molar refractivity (Wildman–Crippen MR) is 71.9 cm³/mol. The molecule has 2 rings (SSSR count). The average molecular weight is 275 g/mol. The molecule has 2 aromatic rings. The number of halogens is 1. The van der Waals surface area contributed by atoms with E-state index in [1.807, 2.05) is 0 Å². The van der Waals surface area contributed by atoms with Gasteiger partial charge >= 0.3 is 5.97 Å². The summed E-state index contributed by atoms with van der Waals surface area (Å²) in [5.74, 6) is -0.264. The Balaban J connectivity index is 2.12. The molecule has 0 fully saturated rings. The molecule has 1 aromatic heterocycles. The van der Waals surface area contributed by atoms with Crippen LogP contribution in [0, 0.1) is 5.82 Å². The lowest BCUT2D eigenvalue weighted by atomic mass is 10.2. The van der Waals surface area contributed by atoms with Gasteiger partial charge in [0.1, 0.15) is 11.6 Å². The molecule has 0 amide bonds. The van der Waals surface area contributed by atoms with Crippen LogP contribution in [0.4, 0.5) is 10.2 Å². The van der Waals surface area contributed by atoms with Crippen LogP contribution in [0.1, 0.15) is 16.1 Å². The Kier molecular flexibility index (Phi) is 4.24. The van der Waals surface area contributed by atoms with Crippen molar-refractivity contribution in [1.82, 2.24) is 9.97 Å². The van der Waals surface area contributed by atoms with Crippen LogP contribution < -0.4 is 4.90 Å². The Morgan fingerprint density at radius 2 is 2.05 bits per heavy atom. The molecule has 104 valence electrons. The number of methoxy groups -OCH3 is 1. The second-order valence-corrected chi connectivity index (χ2v) is 4.20. The summed E-state index contributed by atoms with van der Waals surface area (Å²) in [4.78, 5) is 21.1. The first-order valence-electron chi connectivity index (χ1n) is 5.96. The van der Waals surface area contributed by atoms with Crippen LogP contribution in [0.5, 0.6) is 0 Å². The number of hydrogen-bond donors (Lipinski definition) is 0. The number of anilines is 1. The number of aromatic nitrogens is 2. The van der Waals surface area contributed by atoms with Crippen molar-refractivity contribution in [3.05, 3.63) is 53.7 Å². The Morgan fingerprint density at radius 3 is 2.65 bits per heavy atom. The summed E-state index contributed by atoms with van der Waals surface area (Å²) in [7, 11) is 3.05. The highest BCUT2D eigenvalue weighted by Crippen LogP contribution is 2.14. The number of benzene rings is 1. The van der Waals surface area contributed by atoms with Gasteiger partial charge in [-0.1, -0.05) is 18.2 Å². The topological polar surface area (TPSA) is 55.3 Å². The van der Waals surface area contributed by atoms with Crippen LogP contribution in [0.25, 0.3) is 0 Å². The molecule has 6 heteroatoms. The molecule has 20 heavy (non-hydrogen) atoms. The van der Waals surface area contributed by atoms with Crippen molar-refractivity contribution in [2.75, 3.05) is 19.1 Å². The number of hydrogen-bond acceptors (Lipinski definition) is 5. The highest BCUT2D eigenvalue weighted by atomic mass is 19.1. The fourth-order valence-electron chi connectivity index (χ4n) is 1.69. The first-order chi connectivity index (χ1) is 9.61. The van der Waals surface area contributed by atoms with Crippen molar-refractivity contribution < 1.29 is 13.9 Å². The molecule has 0 atom stereocenters. The van der Waals surface area contributed by atoms with E-state index in [1.54, 1.807) is 30.1 Å². The lowest BCUT2D eigenvalue weighted by molar-refractivity contribution is 0.0593. The normalized spacial score (nSPS) is 10.2. The van der Waals surface area contributed by atoms with Gasteiger partial charge in [0, 0.05) is 19.2 Å². The average Bonchev–Trinajstić information content (AvgIpc) is 2.49. The number of rotatable bonds is 4. The molecule has 1 heterocycles. The van der Waals surface area contributed by atoms with E-state index >= 15 is 0 Å². The molecule has 1 aromatic carbocycles. The standard InChI is InChI=1S/C14H14FN3O2/c1-18(9-10-5-3-4-6-11(10)15)13-8-16-12(7-17-13)14(19)20-2/h3-8H,9H2,1-2H3. The van der Waals surface area contributed by atoms with E-state index in [0.717, 1.165) is 0 Å². The minimum absolute atomic E-state index is 0.135. The summed E-state index contributed by atoms with van der Waals surface area (Å²) < 4.78 is 18.1. The summed E-state index contributed by atoms with van der Waals surface area (Å²) >= 11 is 0. The minimum Gasteiger partial charge on any atom is -0.464 e. The Labute approximate surface area is 116 Å². The lowest BCUT2D eigenvalue weighted by Crippen LogP contribution is -2.19. The zero-order valence-corrected chi connectivity index (χ0v) is 11.2. The van der Waals surface area contributed by atoms with Crippen molar-refractivity contribution in [1.29, 1.82) is 0 Å². The molecule has 5 nitrogen and oxygen atoms in total. The Bertz CT molecular complexity index is 602. The van der Waals surface area contributed by atoms with Crippen molar-refractivity contribution in [3.63, 3.8) is 0 Å². The Morgan fingerprint density at radius 1 is 1.30 bits per heavy atom. The highest BCUT2D eigenvalue weighted by molar-refractivity contribution is 5.86. The molecule has 0 N–H and O–H groups in total. The number of carbonyl (C=O) groups is 1. The summed E-state index contributed by atoms with van der Waals surface area (Å²) in [5.41, 5.74) is 0.699. The fraction of sp³-hybridized carbons (Fsp3) is 0.214. The van der Waals surface area contributed by atoms with Gasteiger partial charge in [0.25, 0.3) is 0 Å². The van der Waals surface area contributed by atoms with Gasteiger partial charge in [-0.25, -0.2) is 19.2 Å². The smallest absolute Gasteiger partial charge is 0.358 e. The van der Waals surface area contributed by atoms with Crippen LogP contribution >= 0.6 is 0 Å². The van der Waals surface area contributed by atoms with E-state index in [-0.39, 0.29) is 11.5 Å². The van der Waals surface area contributed by atoms with Crippen molar-refractivity contribution in [2.24, 2.45) is 0 Å². The maximum atomic E-state index is 13.6. The van der Waals surface area contributed by atoms with Gasteiger partial charge in [-0.05, 0) is 6.07 Å². The third kappa shape index (κ3) is 3.09. The van der Waals surface area contributed by atoms with E-state index < -0.39 is 5.97 Å². The zero-order valence-electron chi connectivity index (χ0n) is 11.2. The molecule has 0 radical (unpaired) electrons. The highest BCUT2D eigenvalue weighted by Gasteiger charge is 2.10. The van der Waals surface area contributed by atoms with Crippen molar-refractivity contribution in [3.8, 4) is 0 Å². The predicted octanol–water partition coefficient (Wildman–Crippen LogP) is 2.04. The van der Waals surface area contributed by atoms with Gasteiger partial charge in [-0.15, -0.1) is 0 Å². The molecule has 0 spiro atoms. The maximum Gasteiger partial charge on any atom is 0.358 e. The van der Waals surface area contributed by atoms with Crippen LogP contribution in [0.3, 0.4) is 0 Å². The quantitative estimate of drug-likeness (QED) is 0.799. The largest absolute Gasteiger partial charge is 0.464 e. The molecule has 0 bridgehead atoms. The van der Waals surface area contributed by atoms with Crippen LogP contribution in [0.2, 0.25) is 0 Å². The molecule has 0 saturated heterocycles. The summed E-state index contributed by atoms with van der Waals surface area (Å²) in [6, 6.07) is 6.54. The van der Waals surface area contributed by atoms with Crippen molar-refractivity contribution >= 4 is 11.8 Å². The number of ether oxygens (including phenoxy) is 1. The second kappa shape index (κ2) is 6.10. The first-order valence-corrected chi connectivity index (χ1v) is 5.96. The van der Waals surface area contributed by atoms with Gasteiger partial charge in [0.05, 0.1) is 19.5 Å². The molecule has 0 aliphatic carbocycles. The molecule has 0 aliphatic rings. The van der Waals surface area contributed by atoms with E-state index in [9.17, 15) is 9.18 Å². The van der Waals surface area contributed by atoms with E-state index in [2.05, 4.69) is 14.7 Å². The maximum absolute atomic E-state index is 13.6.